The van der Waals surface area contributed by atoms with Crippen LogP contribution in [0.5, 0.6) is 5.75 Å². The Bertz CT molecular complexity index is 1000. The number of aromatic nitrogens is 3. The Morgan fingerprint density at radius 2 is 2.07 bits per heavy atom. The molecule has 8 nitrogen and oxygen atoms in total. The Morgan fingerprint density at radius 1 is 1.31 bits per heavy atom. The fraction of sp³-hybridized carbons (Fsp3) is 0.250. The third kappa shape index (κ3) is 4.87. The Hall–Kier alpha value is -3.04. The van der Waals surface area contributed by atoms with Gasteiger partial charge in [-0.2, -0.15) is 4.52 Å². The number of aldehydes is 1. The molecule has 0 saturated carbocycles. The predicted molar refractivity (Wildman–Crippen MR) is 116 cm³/mol. The second-order valence-corrected chi connectivity index (χ2v) is 7.38. The van der Waals surface area contributed by atoms with E-state index in [1.54, 1.807) is 35.5 Å². The summed E-state index contributed by atoms with van der Waals surface area (Å²) in [5, 5.41) is 9.52. The zero-order chi connectivity index (χ0) is 20.8. The lowest BCUT2D eigenvalue weighted by Gasteiger charge is -2.15. The van der Waals surface area contributed by atoms with Crippen LogP contribution in [0.25, 0.3) is 5.65 Å². The number of fused-ring (bicyclic) bond motifs is 1. The smallest absolute Gasteiger partial charge is 0.184 e. The van der Waals surface area contributed by atoms with Crippen LogP contribution in [-0.4, -0.2) is 47.0 Å². The van der Waals surface area contributed by atoms with Crippen molar-refractivity contribution in [2.75, 3.05) is 26.9 Å². The van der Waals surface area contributed by atoms with Crippen molar-refractivity contribution in [1.82, 2.24) is 24.8 Å². The SMILES string of the molecule is CN1C=CSC1c1nc2cc(C=O)cc(N)n2n1.CNCc1ccc(OC)cc1. The van der Waals surface area contributed by atoms with Crippen molar-refractivity contribution in [1.29, 1.82) is 0 Å². The van der Waals surface area contributed by atoms with Crippen molar-refractivity contribution in [3.63, 3.8) is 0 Å². The molecular formula is C20H24N6O2S. The Kier molecular flexibility index (Phi) is 6.73. The molecule has 1 aliphatic rings. The number of nitrogens with zero attached hydrogens (tertiary/aromatic N) is 4. The summed E-state index contributed by atoms with van der Waals surface area (Å²) < 4.78 is 6.58. The van der Waals surface area contributed by atoms with E-state index in [1.807, 2.05) is 42.7 Å². The average Bonchev–Trinajstić information content (AvgIpc) is 3.35. The molecule has 0 fully saturated rings. The van der Waals surface area contributed by atoms with E-state index in [0.29, 0.717) is 22.9 Å². The first kappa shape index (κ1) is 20.7. The van der Waals surface area contributed by atoms with Crippen LogP contribution in [0.15, 0.2) is 48.0 Å². The maximum absolute atomic E-state index is 10.8. The zero-order valence-corrected chi connectivity index (χ0v) is 17.4. The van der Waals surface area contributed by atoms with Crippen LogP contribution >= 0.6 is 11.8 Å². The third-order valence-corrected chi connectivity index (χ3v) is 5.35. The molecule has 3 N–H and O–H groups in total. The van der Waals surface area contributed by atoms with Gasteiger partial charge in [0, 0.05) is 25.4 Å². The fourth-order valence-corrected chi connectivity index (χ4v) is 3.68. The summed E-state index contributed by atoms with van der Waals surface area (Å²) in [5.41, 5.74) is 8.21. The van der Waals surface area contributed by atoms with E-state index in [2.05, 4.69) is 27.5 Å². The molecule has 0 saturated heterocycles. The molecule has 2 aromatic heterocycles. The number of anilines is 1. The molecule has 9 heteroatoms. The number of hydrogen-bond donors (Lipinski definition) is 2. The molecule has 152 valence electrons. The monoisotopic (exact) mass is 412 g/mol. The summed E-state index contributed by atoms with van der Waals surface area (Å²) in [7, 11) is 5.57. The maximum atomic E-state index is 10.8. The number of pyridine rings is 1. The second-order valence-electron chi connectivity index (χ2n) is 6.39. The summed E-state index contributed by atoms with van der Waals surface area (Å²) in [4.78, 5) is 17.2. The second kappa shape index (κ2) is 9.44. The summed E-state index contributed by atoms with van der Waals surface area (Å²) in [5.74, 6) is 2.00. The molecule has 1 aliphatic heterocycles. The van der Waals surface area contributed by atoms with E-state index in [9.17, 15) is 4.79 Å². The summed E-state index contributed by atoms with van der Waals surface area (Å²) in [6.07, 6.45) is 2.73. The first-order chi connectivity index (χ1) is 14.0. The number of carbonyl (C=O) groups excluding carboxylic acids is 1. The van der Waals surface area contributed by atoms with Gasteiger partial charge in [0.05, 0.1) is 7.11 Å². The normalized spacial score (nSPS) is 15.3. The highest BCUT2D eigenvalue weighted by atomic mass is 32.2. The minimum Gasteiger partial charge on any atom is -0.497 e. The van der Waals surface area contributed by atoms with Gasteiger partial charge in [0.2, 0.25) is 0 Å². The van der Waals surface area contributed by atoms with Gasteiger partial charge >= 0.3 is 0 Å². The van der Waals surface area contributed by atoms with Crippen LogP contribution in [0.2, 0.25) is 0 Å². The number of thioether (sulfide) groups is 1. The summed E-state index contributed by atoms with van der Waals surface area (Å²) in [6, 6.07) is 11.3. The molecule has 0 amide bonds. The standard InChI is InChI=1S/C11H11N5OS.C9H13NO/c1-15-2-3-18-11(15)10-13-9-5-7(6-17)4-8(12)16(9)14-10;1-10-7-8-3-5-9(11-2)6-4-8/h2-6,11H,12H2,1H3;3-6,10H,7H2,1-2H3. The molecular weight excluding hydrogens is 388 g/mol. The first-order valence-corrected chi connectivity index (χ1v) is 9.93. The summed E-state index contributed by atoms with van der Waals surface area (Å²) in [6.45, 7) is 0.907. The van der Waals surface area contributed by atoms with Crippen LogP contribution in [-0.2, 0) is 6.54 Å². The topological polar surface area (TPSA) is 97.8 Å². The highest BCUT2D eigenvalue weighted by Gasteiger charge is 2.23. The lowest BCUT2D eigenvalue weighted by atomic mass is 10.2. The van der Waals surface area contributed by atoms with E-state index < -0.39 is 0 Å². The molecule has 0 bridgehead atoms. The fourth-order valence-electron chi connectivity index (χ4n) is 2.79. The number of carbonyl (C=O) groups is 1. The molecule has 1 aromatic carbocycles. The van der Waals surface area contributed by atoms with E-state index in [-0.39, 0.29) is 5.37 Å². The van der Waals surface area contributed by atoms with Gasteiger partial charge in [0.1, 0.15) is 23.2 Å². The minimum atomic E-state index is 0.0592. The van der Waals surface area contributed by atoms with Crippen molar-refractivity contribution in [3.05, 3.63) is 65.0 Å². The lowest BCUT2D eigenvalue weighted by molar-refractivity contribution is 0.112. The van der Waals surface area contributed by atoms with Crippen molar-refractivity contribution < 1.29 is 9.53 Å². The van der Waals surface area contributed by atoms with Crippen LogP contribution in [0.3, 0.4) is 0 Å². The number of benzene rings is 1. The Labute approximate surface area is 173 Å². The number of rotatable bonds is 5. The number of methoxy groups -OCH3 is 1. The van der Waals surface area contributed by atoms with Gasteiger partial charge in [-0.05, 0) is 42.3 Å². The Morgan fingerprint density at radius 3 is 2.66 bits per heavy atom. The molecule has 29 heavy (non-hydrogen) atoms. The van der Waals surface area contributed by atoms with Crippen molar-refractivity contribution >= 4 is 29.5 Å². The number of ether oxygens (including phenoxy) is 1. The van der Waals surface area contributed by atoms with Gasteiger partial charge < -0.3 is 20.7 Å². The average molecular weight is 413 g/mol. The predicted octanol–water partition coefficient (Wildman–Crippen LogP) is 2.69. The maximum Gasteiger partial charge on any atom is 0.184 e. The zero-order valence-electron chi connectivity index (χ0n) is 16.6. The first-order valence-electron chi connectivity index (χ1n) is 8.98. The van der Waals surface area contributed by atoms with E-state index >= 15 is 0 Å². The molecule has 0 spiro atoms. The van der Waals surface area contributed by atoms with Crippen molar-refractivity contribution in [3.8, 4) is 5.75 Å². The van der Waals surface area contributed by atoms with Crippen LogP contribution in [0.1, 0.15) is 27.1 Å². The molecule has 0 aliphatic carbocycles. The van der Waals surface area contributed by atoms with Crippen LogP contribution in [0, 0.1) is 0 Å². The van der Waals surface area contributed by atoms with Crippen molar-refractivity contribution in [2.45, 2.75) is 11.9 Å². The number of nitrogen functional groups attached to an aromatic ring is 1. The van der Waals surface area contributed by atoms with Gasteiger partial charge in [-0.1, -0.05) is 23.9 Å². The van der Waals surface area contributed by atoms with Gasteiger partial charge in [0.25, 0.3) is 0 Å². The molecule has 3 aromatic rings. The molecule has 0 radical (unpaired) electrons. The van der Waals surface area contributed by atoms with E-state index in [4.69, 9.17) is 10.5 Å². The summed E-state index contributed by atoms with van der Waals surface area (Å²) >= 11 is 1.63. The highest BCUT2D eigenvalue weighted by molar-refractivity contribution is 8.02. The van der Waals surface area contributed by atoms with Gasteiger partial charge in [-0.15, -0.1) is 5.10 Å². The van der Waals surface area contributed by atoms with Crippen LogP contribution < -0.4 is 15.8 Å². The molecule has 1 atom stereocenters. The van der Waals surface area contributed by atoms with E-state index in [0.717, 1.165) is 18.6 Å². The Balaban J connectivity index is 0.000000188. The van der Waals surface area contributed by atoms with Crippen molar-refractivity contribution in [2.24, 2.45) is 0 Å². The van der Waals surface area contributed by atoms with Gasteiger partial charge in [-0.25, -0.2) is 4.98 Å². The lowest BCUT2D eigenvalue weighted by Crippen LogP contribution is -2.13. The number of nitrogens with one attached hydrogen (secondary N) is 1. The minimum absolute atomic E-state index is 0.0592. The van der Waals surface area contributed by atoms with Crippen LogP contribution in [0.4, 0.5) is 5.82 Å². The largest absolute Gasteiger partial charge is 0.497 e. The molecule has 4 rings (SSSR count). The number of hydrogen-bond acceptors (Lipinski definition) is 8. The molecule has 3 heterocycles. The quantitative estimate of drug-likeness (QED) is 0.618. The molecule has 1 unspecified atom stereocenters. The van der Waals surface area contributed by atoms with Gasteiger partial charge in [-0.3, -0.25) is 4.79 Å². The third-order valence-electron chi connectivity index (χ3n) is 4.27. The van der Waals surface area contributed by atoms with Gasteiger partial charge in [0.15, 0.2) is 11.5 Å². The van der Waals surface area contributed by atoms with E-state index in [1.165, 1.54) is 5.56 Å². The number of nitrogens with two attached hydrogens (primary N) is 1. The highest BCUT2D eigenvalue weighted by Crippen LogP contribution is 2.36.